The minimum Gasteiger partial charge on any atom is -0.423 e. The summed E-state index contributed by atoms with van der Waals surface area (Å²) in [5.74, 6) is -0.287. The Bertz CT molecular complexity index is 694. The molecular formula is C13H8ClFN2O. The third kappa shape index (κ3) is 2.15. The molecule has 5 heteroatoms. The van der Waals surface area contributed by atoms with E-state index < -0.39 is 0 Å². The van der Waals surface area contributed by atoms with E-state index in [0.29, 0.717) is 27.8 Å². The highest BCUT2D eigenvalue weighted by Gasteiger charge is 2.06. The highest BCUT2D eigenvalue weighted by molar-refractivity contribution is 6.31. The zero-order valence-corrected chi connectivity index (χ0v) is 9.91. The Labute approximate surface area is 107 Å². The Kier molecular flexibility index (Phi) is 2.64. The highest BCUT2D eigenvalue weighted by atomic mass is 35.5. The van der Waals surface area contributed by atoms with Crippen molar-refractivity contribution in [1.82, 2.24) is 4.98 Å². The van der Waals surface area contributed by atoms with Crippen LogP contribution in [0.1, 0.15) is 0 Å². The zero-order chi connectivity index (χ0) is 12.5. The van der Waals surface area contributed by atoms with E-state index in [0.717, 1.165) is 0 Å². The molecule has 0 aliphatic heterocycles. The molecule has 90 valence electrons. The molecule has 0 spiro atoms. The summed E-state index contributed by atoms with van der Waals surface area (Å²) in [6.07, 6.45) is 0. The second-order valence-electron chi connectivity index (χ2n) is 3.76. The molecule has 2 aromatic carbocycles. The van der Waals surface area contributed by atoms with Gasteiger partial charge in [-0.05, 0) is 42.5 Å². The van der Waals surface area contributed by atoms with Crippen LogP contribution in [0, 0.1) is 5.82 Å². The molecule has 1 heterocycles. The molecule has 0 saturated carbocycles. The Morgan fingerprint density at radius 2 is 1.89 bits per heavy atom. The van der Waals surface area contributed by atoms with Gasteiger partial charge in [-0.1, -0.05) is 11.6 Å². The first-order valence-corrected chi connectivity index (χ1v) is 5.67. The van der Waals surface area contributed by atoms with Crippen LogP contribution in [0.25, 0.3) is 11.1 Å². The van der Waals surface area contributed by atoms with Crippen molar-refractivity contribution < 1.29 is 8.81 Å². The molecule has 0 aliphatic carbocycles. The molecule has 1 aromatic heterocycles. The van der Waals surface area contributed by atoms with Gasteiger partial charge in [-0.3, -0.25) is 0 Å². The largest absolute Gasteiger partial charge is 0.423 e. The van der Waals surface area contributed by atoms with Crippen LogP contribution in [-0.2, 0) is 0 Å². The number of halogens is 2. The number of nitrogens with one attached hydrogen (secondary N) is 1. The maximum absolute atomic E-state index is 12.8. The van der Waals surface area contributed by atoms with Crippen LogP contribution in [0.3, 0.4) is 0 Å². The van der Waals surface area contributed by atoms with E-state index in [4.69, 9.17) is 16.0 Å². The average molecular weight is 263 g/mol. The Morgan fingerprint density at radius 3 is 2.67 bits per heavy atom. The first-order valence-electron chi connectivity index (χ1n) is 5.29. The van der Waals surface area contributed by atoms with Crippen molar-refractivity contribution in [3.8, 4) is 0 Å². The summed E-state index contributed by atoms with van der Waals surface area (Å²) < 4.78 is 18.2. The Morgan fingerprint density at radius 1 is 1.11 bits per heavy atom. The lowest BCUT2D eigenvalue weighted by atomic mass is 10.3. The molecule has 3 nitrogen and oxygen atoms in total. The third-order valence-electron chi connectivity index (χ3n) is 2.45. The molecule has 0 bridgehead atoms. The van der Waals surface area contributed by atoms with Gasteiger partial charge in [0.25, 0.3) is 6.01 Å². The number of nitrogens with zero attached hydrogens (tertiary/aromatic N) is 1. The van der Waals surface area contributed by atoms with E-state index in [9.17, 15) is 4.39 Å². The van der Waals surface area contributed by atoms with Crippen LogP contribution < -0.4 is 5.32 Å². The van der Waals surface area contributed by atoms with E-state index in [1.807, 2.05) is 0 Å². The van der Waals surface area contributed by atoms with Gasteiger partial charge in [0.1, 0.15) is 11.3 Å². The quantitative estimate of drug-likeness (QED) is 0.745. The molecule has 0 amide bonds. The standard InChI is InChI=1S/C13H8ClFN2O/c14-8-1-6-12-11(7-8)17-13(18-12)16-10-4-2-9(15)3-5-10/h1-7H,(H,16,17). The molecule has 1 N–H and O–H groups in total. The molecule has 0 saturated heterocycles. The third-order valence-corrected chi connectivity index (χ3v) is 2.68. The van der Waals surface area contributed by atoms with Gasteiger partial charge < -0.3 is 9.73 Å². The number of benzene rings is 2. The smallest absolute Gasteiger partial charge is 0.300 e. The van der Waals surface area contributed by atoms with Crippen LogP contribution in [0.4, 0.5) is 16.1 Å². The topological polar surface area (TPSA) is 38.1 Å². The van der Waals surface area contributed by atoms with Crippen LogP contribution in [-0.4, -0.2) is 4.98 Å². The van der Waals surface area contributed by atoms with Crippen molar-refractivity contribution in [2.45, 2.75) is 0 Å². The summed E-state index contributed by atoms with van der Waals surface area (Å²) in [7, 11) is 0. The number of fused-ring (bicyclic) bond motifs is 1. The molecule has 0 fully saturated rings. The number of hydrogen-bond donors (Lipinski definition) is 1. The molecule has 3 rings (SSSR count). The number of hydrogen-bond acceptors (Lipinski definition) is 3. The van der Waals surface area contributed by atoms with Gasteiger partial charge >= 0.3 is 0 Å². The summed E-state index contributed by atoms with van der Waals surface area (Å²) in [5, 5.41) is 3.55. The molecule has 0 aliphatic rings. The fraction of sp³-hybridized carbons (Fsp3) is 0. The minimum absolute atomic E-state index is 0.287. The number of oxazole rings is 1. The molecule has 0 unspecified atom stereocenters. The lowest BCUT2D eigenvalue weighted by Gasteiger charge is -1.99. The highest BCUT2D eigenvalue weighted by Crippen LogP contribution is 2.24. The first-order chi connectivity index (χ1) is 8.70. The van der Waals surface area contributed by atoms with Crippen molar-refractivity contribution in [3.05, 3.63) is 53.3 Å². The molecule has 0 radical (unpaired) electrons. The fourth-order valence-corrected chi connectivity index (χ4v) is 1.78. The van der Waals surface area contributed by atoms with E-state index in [-0.39, 0.29) is 5.82 Å². The van der Waals surface area contributed by atoms with Crippen molar-refractivity contribution in [2.24, 2.45) is 0 Å². The predicted octanol–water partition coefficient (Wildman–Crippen LogP) is 4.36. The lowest BCUT2D eigenvalue weighted by molar-refractivity contribution is 0.621. The van der Waals surface area contributed by atoms with E-state index in [2.05, 4.69) is 10.3 Å². The second kappa shape index (κ2) is 4.31. The van der Waals surface area contributed by atoms with E-state index >= 15 is 0 Å². The SMILES string of the molecule is Fc1ccc(Nc2nc3cc(Cl)ccc3o2)cc1. The number of aromatic nitrogens is 1. The van der Waals surface area contributed by atoms with Crippen molar-refractivity contribution in [1.29, 1.82) is 0 Å². The number of anilines is 2. The van der Waals surface area contributed by atoms with Crippen molar-refractivity contribution >= 4 is 34.4 Å². The monoisotopic (exact) mass is 262 g/mol. The fourth-order valence-electron chi connectivity index (χ4n) is 1.61. The molecular weight excluding hydrogens is 255 g/mol. The molecule has 0 atom stereocenters. The Balaban J connectivity index is 1.92. The zero-order valence-electron chi connectivity index (χ0n) is 9.15. The van der Waals surface area contributed by atoms with Gasteiger partial charge in [0.15, 0.2) is 5.58 Å². The van der Waals surface area contributed by atoms with Crippen LogP contribution in [0.2, 0.25) is 5.02 Å². The van der Waals surface area contributed by atoms with Crippen molar-refractivity contribution in [2.75, 3.05) is 5.32 Å². The van der Waals surface area contributed by atoms with Crippen LogP contribution in [0.15, 0.2) is 46.9 Å². The summed E-state index contributed by atoms with van der Waals surface area (Å²) in [5.41, 5.74) is 2.02. The Hall–Kier alpha value is -2.07. The predicted molar refractivity (Wildman–Crippen MR) is 68.7 cm³/mol. The maximum Gasteiger partial charge on any atom is 0.300 e. The van der Waals surface area contributed by atoms with E-state index in [1.54, 1.807) is 30.3 Å². The van der Waals surface area contributed by atoms with Gasteiger partial charge in [0.2, 0.25) is 0 Å². The van der Waals surface area contributed by atoms with Crippen LogP contribution in [0.5, 0.6) is 0 Å². The average Bonchev–Trinajstić information content (AvgIpc) is 2.73. The van der Waals surface area contributed by atoms with E-state index in [1.165, 1.54) is 12.1 Å². The molecule has 3 aromatic rings. The van der Waals surface area contributed by atoms with Crippen LogP contribution >= 0.6 is 11.6 Å². The van der Waals surface area contributed by atoms with Gasteiger partial charge in [-0.15, -0.1) is 0 Å². The van der Waals surface area contributed by atoms with Crippen molar-refractivity contribution in [3.63, 3.8) is 0 Å². The summed E-state index contributed by atoms with van der Waals surface area (Å²) >= 11 is 5.86. The summed E-state index contributed by atoms with van der Waals surface area (Å²) in [4.78, 5) is 4.24. The minimum atomic E-state index is -0.287. The second-order valence-corrected chi connectivity index (χ2v) is 4.20. The first kappa shape index (κ1) is 11.0. The number of rotatable bonds is 2. The van der Waals surface area contributed by atoms with Gasteiger partial charge in [0.05, 0.1) is 0 Å². The maximum atomic E-state index is 12.8. The van der Waals surface area contributed by atoms with Gasteiger partial charge in [-0.2, -0.15) is 4.98 Å². The lowest BCUT2D eigenvalue weighted by Crippen LogP contribution is -1.89. The summed E-state index contributed by atoms with van der Waals surface area (Å²) in [6, 6.07) is 11.5. The molecule has 18 heavy (non-hydrogen) atoms. The van der Waals surface area contributed by atoms with Gasteiger partial charge in [-0.25, -0.2) is 4.39 Å². The summed E-state index contributed by atoms with van der Waals surface area (Å²) in [6.45, 7) is 0. The van der Waals surface area contributed by atoms with Gasteiger partial charge in [0, 0.05) is 10.7 Å². The normalized spacial score (nSPS) is 10.8.